The van der Waals surface area contributed by atoms with E-state index in [0.29, 0.717) is 5.56 Å². The van der Waals surface area contributed by atoms with E-state index in [9.17, 15) is 0 Å². The molecule has 0 aromatic heterocycles. The summed E-state index contributed by atoms with van der Waals surface area (Å²) in [6, 6.07) is 7.61. The molecule has 1 N–H and O–H groups in total. The molecule has 1 atom stereocenters. The van der Waals surface area contributed by atoms with Crippen LogP contribution in [0.25, 0.3) is 0 Å². The van der Waals surface area contributed by atoms with E-state index in [1.165, 1.54) is 0 Å². The zero-order valence-corrected chi connectivity index (χ0v) is 10.7. The van der Waals surface area contributed by atoms with E-state index in [0.717, 1.165) is 23.0 Å². The summed E-state index contributed by atoms with van der Waals surface area (Å²) in [5.41, 5.74) is 1.40. The molecule has 0 spiro atoms. The summed E-state index contributed by atoms with van der Waals surface area (Å²) < 4.78 is 0.932. The molecule has 0 heterocycles. The fourth-order valence-corrected chi connectivity index (χ4v) is 1.77. The molecular formula is C13H13BrN2. The van der Waals surface area contributed by atoms with Crippen molar-refractivity contribution in [2.75, 3.05) is 5.32 Å². The first kappa shape index (κ1) is 12.6. The van der Waals surface area contributed by atoms with Gasteiger partial charge in [0, 0.05) is 4.47 Å². The van der Waals surface area contributed by atoms with Gasteiger partial charge in [0.2, 0.25) is 0 Å². The minimum Gasteiger partial charge on any atom is -0.370 e. The van der Waals surface area contributed by atoms with Gasteiger partial charge in [0.25, 0.3) is 0 Å². The second kappa shape index (κ2) is 6.20. The minimum atomic E-state index is -0.0219. The summed E-state index contributed by atoms with van der Waals surface area (Å²) in [6.07, 6.45) is 7.34. The molecule has 1 unspecified atom stereocenters. The first-order chi connectivity index (χ1) is 7.71. The Bertz CT molecular complexity index is 440. The second-order valence-corrected chi connectivity index (χ2v) is 4.37. The van der Waals surface area contributed by atoms with Crippen LogP contribution in [-0.2, 0) is 0 Å². The van der Waals surface area contributed by atoms with Crippen LogP contribution in [0.2, 0.25) is 0 Å². The Morgan fingerprint density at radius 3 is 2.88 bits per heavy atom. The highest BCUT2D eigenvalue weighted by molar-refractivity contribution is 9.10. The van der Waals surface area contributed by atoms with E-state index >= 15 is 0 Å². The number of halogens is 1. The van der Waals surface area contributed by atoms with Gasteiger partial charge < -0.3 is 5.32 Å². The second-order valence-electron chi connectivity index (χ2n) is 3.45. The van der Waals surface area contributed by atoms with Gasteiger partial charge in [0.1, 0.15) is 6.07 Å². The largest absolute Gasteiger partial charge is 0.370 e. The van der Waals surface area contributed by atoms with Crippen molar-refractivity contribution < 1.29 is 0 Å². The van der Waals surface area contributed by atoms with Crippen LogP contribution in [0.3, 0.4) is 0 Å². The van der Waals surface area contributed by atoms with Crippen LogP contribution >= 0.6 is 15.9 Å². The van der Waals surface area contributed by atoms with Crippen molar-refractivity contribution in [3.63, 3.8) is 0 Å². The lowest BCUT2D eigenvalue weighted by molar-refractivity contribution is 0.755. The van der Waals surface area contributed by atoms with Crippen LogP contribution in [-0.4, -0.2) is 6.04 Å². The SMILES string of the molecule is C#CC(CCC)Nc1cc(Br)ccc1C#N. The van der Waals surface area contributed by atoms with Gasteiger partial charge in [-0.15, -0.1) is 6.42 Å². The van der Waals surface area contributed by atoms with Crippen LogP contribution in [0.15, 0.2) is 22.7 Å². The number of nitrogens with zero attached hydrogens (tertiary/aromatic N) is 1. The summed E-state index contributed by atoms with van der Waals surface area (Å²) in [5, 5.41) is 12.2. The number of benzene rings is 1. The average Bonchev–Trinajstić information content (AvgIpc) is 2.29. The predicted octanol–water partition coefficient (Wildman–Crippen LogP) is 3.53. The minimum absolute atomic E-state index is 0.0219. The molecule has 0 aliphatic rings. The maximum atomic E-state index is 8.97. The first-order valence-electron chi connectivity index (χ1n) is 5.13. The lowest BCUT2D eigenvalue weighted by atomic mass is 10.1. The molecule has 3 heteroatoms. The van der Waals surface area contributed by atoms with Crippen LogP contribution in [0, 0.1) is 23.7 Å². The number of nitriles is 1. The molecule has 2 nitrogen and oxygen atoms in total. The summed E-state index contributed by atoms with van der Waals surface area (Å²) in [5.74, 6) is 2.69. The number of hydrogen-bond acceptors (Lipinski definition) is 2. The van der Waals surface area contributed by atoms with Crippen molar-refractivity contribution in [2.45, 2.75) is 25.8 Å². The number of nitrogens with one attached hydrogen (secondary N) is 1. The van der Waals surface area contributed by atoms with Crippen LogP contribution in [0.5, 0.6) is 0 Å². The van der Waals surface area contributed by atoms with Crippen molar-refractivity contribution in [2.24, 2.45) is 0 Å². The van der Waals surface area contributed by atoms with Gasteiger partial charge in [-0.05, 0) is 24.6 Å². The molecule has 16 heavy (non-hydrogen) atoms. The molecule has 0 aliphatic carbocycles. The van der Waals surface area contributed by atoms with E-state index in [-0.39, 0.29) is 6.04 Å². The van der Waals surface area contributed by atoms with E-state index in [4.69, 9.17) is 11.7 Å². The standard InChI is InChI=1S/C13H13BrN2/c1-3-5-12(4-2)16-13-8-11(14)7-6-10(13)9-15/h2,6-8,12,16H,3,5H2,1H3. The van der Waals surface area contributed by atoms with Gasteiger partial charge in [-0.2, -0.15) is 5.26 Å². The van der Waals surface area contributed by atoms with Crippen molar-refractivity contribution in [1.29, 1.82) is 5.26 Å². The monoisotopic (exact) mass is 276 g/mol. The third-order valence-corrected chi connectivity index (χ3v) is 2.70. The van der Waals surface area contributed by atoms with Gasteiger partial charge in [-0.3, -0.25) is 0 Å². The summed E-state index contributed by atoms with van der Waals surface area (Å²) in [6.45, 7) is 2.08. The number of rotatable bonds is 4. The molecule has 0 fully saturated rings. The van der Waals surface area contributed by atoms with Crippen LogP contribution in [0.4, 0.5) is 5.69 Å². The lowest BCUT2D eigenvalue weighted by Crippen LogP contribution is -2.17. The fraction of sp³-hybridized carbons (Fsp3) is 0.308. The number of anilines is 1. The van der Waals surface area contributed by atoms with Crippen LogP contribution < -0.4 is 5.32 Å². The van der Waals surface area contributed by atoms with Gasteiger partial charge in [-0.1, -0.05) is 35.2 Å². The predicted molar refractivity (Wildman–Crippen MR) is 70.0 cm³/mol. The van der Waals surface area contributed by atoms with Crippen LogP contribution in [0.1, 0.15) is 25.3 Å². The molecule has 0 saturated heterocycles. The number of hydrogen-bond donors (Lipinski definition) is 1. The first-order valence-corrected chi connectivity index (χ1v) is 5.93. The highest BCUT2D eigenvalue weighted by Gasteiger charge is 2.07. The Hall–Kier alpha value is -1.45. The number of terminal acetylenes is 1. The van der Waals surface area contributed by atoms with Crippen molar-refractivity contribution in [1.82, 2.24) is 0 Å². The maximum Gasteiger partial charge on any atom is 0.101 e. The molecule has 0 radical (unpaired) electrons. The summed E-state index contributed by atoms with van der Waals surface area (Å²) in [7, 11) is 0. The maximum absolute atomic E-state index is 8.97. The molecule has 0 bridgehead atoms. The molecule has 0 saturated carbocycles. The Morgan fingerprint density at radius 1 is 1.56 bits per heavy atom. The molecule has 82 valence electrons. The highest BCUT2D eigenvalue weighted by atomic mass is 79.9. The topological polar surface area (TPSA) is 35.8 Å². The Kier molecular flexibility index (Phi) is 4.89. The average molecular weight is 277 g/mol. The van der Waals surface area contributed by atoms with Crippen molar-refractivity contribution in [3.05, 3.63) is 28.2 Å². The van der Waals surface area contributed by atoms with Gasteiger partial charge >= 0.3 is 0 Å². The third-order valence-electron chi connectivity index (χ3n) is 2.21. The molecule has 0 amide bonds. The van der Waals surface area contributed by atoms with Gasteiger partial charge in [0.15, 0.2) is 0 Å². The van der Waals surface area contributed by atoms with E-state index < -0.39 is 0 Å². The zero-order valence-electron chi connectivity index (χ0n) is 9.13. The summed E-state index contributed by atoms with van der Waals surface area (Å²) in [4.78, 5) is 0. The Balaban J connectivity index is 2.91. The quantitative estimate of drug-likeness (QED) is 0.854. The molecule has 1 aromatic rings. The Labute approximate surface area is 105 Å². The Morgan fingerprint density at radius 2 is 2.31 bits per heavy atom. The normalized spacial score (nSPS) is 11.2. The van der Waals surface area contributed by atoms with Gasteiger partial charge in [-0.25, -0.2) is 0 Å². The van der Waals surface area contributed by atoms with E-state index in [1.54, 1.807) is 6.07 Å². The van der Waals surface area contributed by atoms with E-state index in [2.05, 4.69) is 40.2 Å². The smallest absolute Gasteiger partial charge is 0.101 e. The molecule has 0 aliphatic heterocycles. The van der Waals surface area contributed by atoms with Gasteiger partial charge in [0.05, 0.1) is 17.3 Å². The lowest BCUT2D eigenvalue weighted by Gasteiger charge is -2.14. The summed E-state index contributed by atoms with van der Waals surface area (Å²) >= 11 is 3.38. The van der Waals surface area contributed by atoms with E-state index in [1.807, 2.05) is 12.1 Å². The molecule has 1 rings (SSSR count). The molecular weight excluding hydrogens is 264 g/mol. The zero-order chi connectivity index (χ0) is 12.0. The fourth-order valence-electron chi connectivity index (χ4n) is 1.41. The van der Waals surface area contributed by atoms with Crippen molar-refractivity contribution >= 4 is 21.6 Å². The molecule has 1 aromatic carbocycles. The van der Waals surface area contributed by atoms with Crippen molar-refractivity contribution in [3.8, 4) is 18.4 Å². The third kappa shape index (κ3) is 3.29. The highest BCUT2D eigenvalue weighted by Crippen LogP contribution is 2.22.